The average molecular weight is 1190 g/mol. The van der Waals surface area contributed by atoms with Gasteiger partial charge in [-0.25, -0.2) is 0 Å². The molecule has 0 fully saturated rings. The van der Waals surface area contributed by atoms with E-state index in [0.717, 1.165) is 78.3 Å². The number of aromatic nitrogens is 3. The van der Waals surface area contributed by atoms with E-state index < -0.39 is 0 Å². The van der Waals surface area contributed by atoms with Gasteiger partial charge < -0.3 is 43.7 Å². The van der Waals surface area contributed by atoms with Crippen LogP contribution in [0, 0.1) is 10.8 Å². The molecule has 0 spiro atoms. The first-order valence-corrected chi connectivity index (χ1v) is 29.9. The Morgan fingerprint density at radius 2 is 1.11 bits per heavy atom. The summed E-state index contributed by atoms with van der Waals surface area (Å²) in [6.45, 7) is 24.5. The monoisotopic (exact) mass is 1190 g/mol. The van der Waals surface area contributed by atoms with Crippen LogP contribution in [0.4, 0.5) is 0 Å². The number of nitrogens with zero attached hydrogens (tertiary/aromatic N) is 3. The van der Waals surface area contributed by atoms with E-state index in [9.17, 15) is 0 Å². The zero-order valence-corrected chi connectivity index (χ0v) is 52.3. The Balaban J connectivity index is 0.922. The Hall–Kier alpha value is -10.1. The van der Waals surface area contributed by atoms with Crippen molar-refractivity contribution in [1.29, 1.82) is 5.41 Å². The fourth-order valence-corrected chi connectivity index (χ4v) is 9.83. The van der Waals surface area contributed by atoms with Gasteiger partial charge in [0.15, 0.2) is 11.5 Å². The molecule has 13 nitrogen and oxygen atoms in total. The summed E-state index contributed by atoms with van der Waals surface area (Å²) >= 11 is 0. The van der Waals surface area contributed by atoms with Crippen LogP contribution in [0.15, 0.2) is 216 Å². The minimum atomic E-state index is -0.0000105. The number of ether oxygens (including phenoxy) is 6. The molecule has 13 heteroatoms. The van der Waals surface area contributed by atoms with Crippen LogP contribution in [0.1, 0.15) is 125 Å². The van der Waals surface area contributed by atoms with Gasteiger partial charge >= 0.3 is 0 Å². The lowest BCUT2D eigenvalue weighted by atomic mass is 9.87. The fraction of sp³-hybridized carbons (Fsp3) is 0.237. The normalized spacial score (nSPS) is 12.4. The highest BCUT2D eigenvalue weighted by molar-refractivity contribution is 6.07. The summed E-state index contributed by atoms with van der Waals surface area (Å²) in [5, 5.41) is 23.7. The third kappa shape index (κ3) is 16.3. The Labute approximate surface area is 522 Å². The molecule has 0 aliphatic carbocycles. The van der Waals surface area contributed by atoms with Gasteiger partial charge in [0.25, 0.3) is 0 Å². The lowest BCUT2D eigenvalue weighted by molar-refractivity contribution is 0.261. The van der Waals surface area contributed by atoms with Crippen LogP contribution in [0.25, 0.3) is 38.8 Å². The number of para-hydroxylation sites is 1. The average Bonchev–Trinajstić information content (AvgIpc) is 2.71. The molecule has 0 amide bonds. The van der Waals surface area contributed by atoms with Gasteiger partial charge in [-0.2, -0.15) is 0 Å². The van der Waals surface area contributed by atoms with Gasteiger partial charge in [0.2, 0.25) is 29.3 Å². The number of benzene rings is 8. The van der Waals surface area contributed by atoms with Gasteiger partial charge in [-0.3, -0.25) is 5.41 Å². The molecule has 0 saturated carbocycles. The van der Waals surface area contributed by atoms with Crippen LogP contribution < -0.4 is 24.8 Å². The van der Waals surface area contributed by atoms with Crippen molar-refractivity contribution >= 4 is 39.2 Å². The summed E-state index contributed by atoms with van der Waals surface area (Å²) in [5.41, 5.74) is 11.9. The van der Waals surface area contributed by atoms with Gasteiger partial charge in [0.05, 0.1) is 5.52 Å². The van der Waals surface area contributed by atoms with Crippen molar-refractivity contribution in [1.82, 2.24) is 15.2 Å². The topological polar surface area (TPSA) is 172 Å². The summed E-state index contributed by atoms with van der Waals surface area (Å²) in [6.07, 6.45) is 8.57. The van der Waals surface area contributed by atoms with E-state index in [4.69, 9.17) is 44.1 Å². The molecular formula is C76H78N6O7. The molecule has 0 aliphatic heterocycles. The molecule has 0 radical (unpaired) electrons. The third-order valence-electron chi connectivity index (χ3n) is 15.0. The van der Waals surface area contributed by atoms with Gasteiger partial charge in [-0.1, -0.05) is 184 Å². The van der Waals surface area contributed by atoms with Crippen LogP contribution in [-0.4, -0.2) is 27.0 Å². The van der Waals surface area contributed by atoms with E-state index >= 15 is 0 Å². The number of hydrogen-bond donors (Lipinski definition) is 3. The van der Waals surface area contributed by atoms with Crippen molar-refractivity contribution in [3.63, 3.8) is 0 Å². The van der Waals surface area contributed by atoms with Crippen LogP contribution in [-0.2, 0) is 53.3 Å². The zero-order chi connectivity index (χ0) is 62.7. The molecule has 454 valence electrons. The molecule has 0 bridgehead atoms. The molecular weight excluding hydrogens is 1110 g/mol. The maximum absolute atomic E-state index is 8.65. The van der Waals surface area contributed by atoms with E-state index in [1.54, 1.807) is 6.08 Å². The zero-order valence-electron chi connectivity index (χ0n) is 52.3. The highest BCUT2D eigenvalue weighted by Crippen LogP contribution is 2.43. The van der Waals surface area contributed by atoms with E-state index in [1.165, 1.54) is 11.1 Å². The van der Waals surface area contributed by atoms with Crippen LogP contribution in [0.5, 0.6) is 28.7 Å². The molecule has 2 aromatic heterocycles. The van der Waals surface area contributed by atoms with Crippen LogP contribution >= 0.6 is 0 Å². The fourth-order valence-electron chi connectivity index (χ4n) is 9.83. The van der Waals surface area contributed by atoms with E-state index in [2.05, 4.69) is 138 Å². The van der Waals surface area contributed by atoms with Crippen LogP contribution in [0.3, 0.4) is 0 Å². The lowest BCUT2D eigenvalue weighted by Crippen LogP contribution is -2.13. The summed E-state index contributed by atoms with van der Waals surface area (Å²) in [7, 11) is 0. The number of fused-ring (bicyclic) bond motifs is 3. The molecule has 0 atom stereocenters. The van der Waals surface area contributed by atoms with Crippen molar-refractivity contribution in [2.75, 3.05) is 0 Å². The predicted octanol–water partition coefficient (Wildman–Crippen LogP) is 18.4. The van der Waals surface area contributed by atoms with Gasteiger partial charge in [0.1, 0.15) is 44.5 Å². The third-order valence-corrected chi connectivity index (χ3v) is 15.0. The number of nitrogens with one attached hydrogen (secondary N) is 2. The first kappa shape index (κ1) is 61.9. The maximum atomic E-state index is 8.65. The van der Waals surface area contributed by atoms with E-state index in [-0.39, 0.29) is 55.2 Å². The number of H-pyrrole nitrogens is 1. The molecule has 10 rings (SSSR count). The number of allylic oxidation sites excluding steroid dienone is 5. The van der Waals surface area contributed by atoms with E-state index in [0.29, 0.717) is 46.4 Å². The molecule has 8 aromatic carbocycles. The number of nitrogens with two attached hydrogens (primary N) is 1. The molecule has 0 aliphatic rings. The molecule has 0 unspecified atom stereocenters. The van der Waals surface area contributed by atoms with Gasteiger partial charge in [-0.05, 0) is 140 Å². The Morgan fingerprint density at radius 1 is 0.573 bits per heavy atom. The van der Waals surface area contributed by atoms with Crippen molar-refractivity contribution in [2.45, 2.75) is 113 Å². The second-order valence-corrected chi connectivity index (χ2v) is 25.4. The second kappa shape index (κ2) is 27.3. The summed E-state index contributed by atoms with van der Waals surface area (Å²) in [5.74, 6) is 9.54. The largest absolute Gasteiger partial charge is 0.489 e. The molecule has 4 N–H and O–H groups in total. The Bertz CT molecular complexity index is 4160. The lowest BCUT2D eigenvalue weighted by Gasteiger charge is -2.20. The number of rotatable bonds is 22. The number of hydrogen-bond acceptors (Lipinski definition) is 12. The predicted molar refractivity (Wildman–Crippen MR) is 357 cm³/mol. The maximum Gasteiger partial charge on any atom is 0.248 e. The highest BCUT2D eigenvalue weighted by atomic mass is 16.5. The minimum absolute atomic E-state index is 0.0000105. The Kier molecular flexibility index (Phi) is 19.0. The van der Waals surface area contributed by atoms with Crippen molar-refractivity contribution in [3.05, 3.63) is 263 Å². The number of hydrazone groups is 1. The van der Waals surface area contributed by atoms with Crippen molar-refractivity contribution < 1.29 is 32.8 Å². The SMILES string of the molecule is C=C/C=C(\C=C/CC(C)(C)C)c1nnc(-c2ccc(COc3cc(COc4ccc5c(c4)[nH]c4ccccc45)cc(OCc4ccc(COC(=N)c5ccc(C(C)(C)C)cc5)cc4)c3Oc3ccc(CO/C(=N\N)c4ccc(C(C)(C)C)cc4)cc3)cc2)o1. The molecule has 2 heterocycles. The Morgan fingerprint density at radius 3 is 1.71 bits per heavy atom. The smallest absolute Gasteiger partial charge is 0.248 e. The van der Waals surface area contributed by atoms with Crippen LogP contribution in [0.2, 0.25) is 0 Å². The summed E-state index contributed by atoms with van der Waals surface area (Å²) in [4.78, 5) is 3.53. The first-order valence-electron chi connectivity index (χ1n) is 29.9. The standard InChI is InChI=1S/C76H78N6O7/c1-11-15-56(16-14-41-74(2,3)4)72-81-82-73(89-72)58-27-23-52(24-28-58)46-85-68-43-54(49-83-62-39-40-64-63-17-12-13-18-65(63)79-66(64)44-62)42-67(84-45-50-19-21-51(22-20-50)47-86-70(77)55-29-33-59(34-30-55)75(5,6)7)69(68)88-61-37-25-53(26-38-61)48-87-71(80-78)57-31-35-60(36-32-57)76(8,9)10/h11-40,42-44,77,79H,1,41,45-49,78H2,2-10H3/b16-14-,56-15+,77-70?,80-71-. The quantitative estimate of drug-likeness (QED) is 0.0195. The molecule has 0 saturated heterocycles. The van der Waals surface area contributed by atoms with Gasteiger partial charge in [0, 0.05) is 44.6 Å². The molecule has 89 heavy (non-hydrogen) atoms. The van der Waals surface area contributed by atoms with Gasteiger partial charge in [-0.15, -0.1) is 15.3 Å². The van der Waals surface area contributed by atoms with E-state index in [1.807, 2.05) is 146 Å². The van der Waals surface area contributed by atoms with Crippen molar-refractivity contribution in [3.8, 4) is 40.2 Å². The van der Waals surface area contributed by atoms with Crippen molar-refractivity contribution in [2.24, 2.45) is 16.4 Å². The second-order valence-electron chi connectivity index (χ2n) is 25.4. The minimum Gasteiger partial charge on any atom is -0.489 e. The first-order chi connectivity index (χ1) is 42.7. The molecule has 10 aromatic rings. The summed E-state index contributed by atoms with van der Waals surface area (Å²) < 4.78 is 45.3. The summed E-state index contributed by atoms with van der Waals surface area (Å²) in [6, 6.07) is 57.7. The number of aromatic amines is 1. The highest BCUT2D eigenvalue weighted by Gasteiger charge is 2.21.